The summed E-state index contributed by atoms with van der Waals surface area (Å²) in [7, 11) is 3.57. The number of piperazine rings is 1. The van der Waals surface area contributed by atoms with Crippen LogP contribution in [0.25, 0.3) is 0 Å². The van der Waals surface area contributed by atoms with Gasteiger partial charge in [-0.1, -0.05) is 23.7 Å². The van der Waals surface area contributed by atoms with Crippen LogP contribution in [-0.4, -0.2) is 72.7 Å². The predicted molar refractivity (Wildman–Crippen MR) is 126 cm³/mol. The van der Waals surface area contributed by atoms with Crippen LogP contribution < -0.4 is 9.64 Å². The molecule has 3 rings (SSSR count). The van der Waals surface area contributed by atoms with Gasteiger partial charge in [-0.3, -0.25) is 9.69 Å². The zero-order valence-electron chi connectivity index (χ0n) is 19.2. The van der Waals surface area contributed by atoms with Crippen molar-refractivity contribution in [3.63, 3.8) is 0 Å². The minimum Gasteiger partial charge on any atom is -0.483 e. The summed E-state index contributed by atoms with van der Waals surface area (Å²) in [5.41, 5.74) is 1.52. The van der Waals surface area contributed by atoms with Crippen molar-refractivity contribution in [3.8, 4) is 5.75 Å². The molecular formula is C24H29ClFN3O4. The first-order valence-corrected chi connectivity index (χ1v) is 11.1. The molecule has 9 heteroatoms. The summed E-state index contributed by atoms with van der Waals surface area (Å²) < 4.78 is 18.8. The molecule has 1 aliphatic heterocycles. The van der Waals surface area contributed by atoms with E-state index in [-0.39, 0.29) is 46.8 Å². The highest BCUT2D eigenvalue weighted by molar-refractivity contribution is 6.33. The Balaban J connectivity index is 1.66. The van der Waals surface area contributed by atoms with Crippen LogP contribution in [0, 0.1) is 5.82 Å². The van der Waals surface area contributed by atoms with Crippen molar-refractivity contribution in [2.45, 2.75) is 32.5 Å². The van der Waals surface area contributed by atoms with Crippen molar-refractivity contribution in [3.05, 3.63) is 58.4 Å². The molecule has 0 spiro atoms. The number of carbonyl (C=O) groups is 2. The number of rotatable bonds is 7. The normalized spacial score (nSPS) is 18.8. The van der Waals surface area contributed by atoms with E-state index in [4.69, 9.17) is 16.3 Å². The first-order chi connectivity index (χ1) is 15.6. The topological polar surface area (TPSA) is 73.3 Å². The van der Waals surface area contributed by atoms with E-state index in [2.05, 4.69) is 4.90 Å². The van der Waals surface area contributed by atoms with E-state index >= 15 is 0 Å². The summed E-state index contributed by atoms with van der Waals surface area (Å²) >= 11 is 6.18. The van der Waals surface area contributed by atoms with Crippen LogP contribution >= 0.6 is 11.6 Å². The number of anilines is 1. The minimum absolute atomic E-state index is 0.0563. The molecule has 1 fully saturated rings. The molecule has 0 bridgehead atoms. The molecule has 7 nitrogen and oxygen atoms in total. The van der Waals surface area contributed by atoms with Crippen molar-refractivity contribution in [1.29, 1.82) is 0 Å². The Hall–Kier alpha value is -2.84. The number of benzene rings is 2. The first kappa shape index (κ1) is 24.8. The fraction of sp³-hybridized carbons (Fsp3) is 0.417. The number of amides is 1. The largest absolute Gasteiger partial charge is 0.483 e. The number of carbonyl (C=O) groups excluding carboxylic acids is 1. The van der Waals surface area contributed by atoms with Crippen LogP contribution in [0.15, 0.2) is 36.4 Å². The smallest absolute Gasteiger partial charge is 0.339 e. The Labute approximate surface area is 198 Å². The third-order valence-electron chi connectivity index (χ3n) is 5.85. The van der Waals surface area contributed by atoms with Crippen LogP contribution in [0.5, 0.6) is 5.75 Å². The number of nitrogens with zero attached hydrogens (tertiary/aromatic N) is 3. The van der Waals surface area contributed by atoms with Gasteiger partial charge in [0.25, 0.3) is 5.91 Å². The third-order valence-corrected chi connectivity index (χ3v) is 6.15. The molecule has 2 aromatic carbocycles. The van der Waals surface area contributed by atoms with Crippen LogP contribution in [0.3, 0.4) is 0 Å². The van der Waals surface area contributed by atoms with Gasteiger partial charge in [0.15, 0.2) is 6.61 Å². The van der Waals surface area contributed by atoms with E-state index in [1.54, 1.807) is 36.0 Å². The zero-order chi connectivity index (χ0) is 24.3. The molecule has 2 atom stereocenters. The Morgan fingerprint density at radius 2 is 1.82 bits per heavy atom. The molecule has 0 aliphatic carbocycles. The Morgan fingerprint density at radius 3 is 2.42 bits per heavy atom. The van der Waals surface area contributed by atoms with Crippen molar-refractivity contribution in [2.24, 2.45) is 0 Å². The lowest BCUT2D eigenvalue weighted by Gasteiger charge is -2.44. The molecule has 2 unspecified atom stereocenters. The lowest BCUT2D eigenvalue weighted by Crippen LogP contribution is -2.58. The fourth-order valence-corrected chi connectivity index (χ4v) is 4.32. The average molecular weight is 478 g/mol. The molecule has 33 heavy (non-hydrogen) atoms. The highest BCUT2D eigenvalue weighted by Gasteiger charge is 2.32. The molecule has 1 saturated heterocycles. The van der Waals surface area contributed by atoms with E-state index in [0.29, 0.717) is 25.3 Å². The van der Waals surface area contributed by atoms with Gasteiger partial charge < -0.3 is 19.6 Å². The van der Waals surface area contributed by atoms with E-state index in [1.165, 1.54) is 24.3 Å². The molecule has 0 aromatic heterocycles. The van der Waals surface area contributed by atoms with Crippen LogP contribution in [0.4, 0.5) is 10.1 Å². The summed E-state index contributed by atoms with van der Waals surface area (Å²) in [5.74, 6) is -1.56. The Kier molecular flexibility index (Phi) is 7.81. The quantitative estimate of drug-likeness (QED) is 0.655. The molecule has 0 saturated carbocycles. The minimum atomic E-state index is -1.18. The lowest BCUT2D eigenvalue weighted by atomic mass is 10.1. The summed E-state index contributed by atoms with van der Waals surface area (Å²) in [6, 6.07) is 9.34. The maximum Gasteiger partial charge on any atom is 0.339 e. The van der Waals surface area contributed by atoms with Crippen molar-refractivity contribution in [2.75, 3.05) is 38.7 Å². The molecule has 178 valence electrons. The van der Waals surface area contributed by atoms with Gasteiger partial charge in [-0.15, -0.1) is 0 Å². The van der Waals surface area contributed by atoms with Gasteiger partial charge in [0.05, 0.1) is 10.7 Å². The number of hydrogen-bond donors (Lipinski definition) is 1. The second kappa shape index (κ2) is 10.4. The third kappa shape index (κ3) is 5.94. The standard InChI is InChI=1S/C24H29ClFN3O4/c1-15-12-29(16(2)11-28(15)13-17-5-7-18(26)8-6-17)23(30)14-33-22-10-21(27(3)4)20(25)9-19(22)24(31)32/h5-10,15-16H,11-14H2,1-4H3,(H,31,32). The zero-order valence-corrected chi connectivity index (χ0v) is 20.0. The Bertz CT molecular complexity index is 1020. The second-order valence-electron chi connectivity index (χ2n) is 8.59. The maximum atomic E-state index is 13.2. The highest BCUT2D eigenvalue weighted by Crippen LogP contribution is 2.33. The Morgan fingerprint density at radius 1 is 1.15 bits per heavy atom. The molecule has 2 aromatic rings. The van der Waals surface area contributed by atoms with Crippen LogP contribution in [0.1, 0.15) is 29.8 Å². The number of aromatic carboxylic acids is 1. The van der Waals surface area contributed by atoms with Crippen molar-refractivity contribution >= 4 is 29.2 Å². The first-order valence-electron chi connectivity index (χ1n) is 10.7. The lowest BCUT2D eigenvalue weighted by molar-refractivity contribution is -0.139. The fourth-order valence-electron chi connectivity index (χ4n) is 3.98. The van der Waals surface area contributed by atoms with Gasteiger partial charge in [0.2, 0.25) is 0 Å². The number of halogens is 2. The summed E-state index contributed by atoms with van der Waals surface area (Å²) in [6.07, 6.45) is 0. The number of ether oxygens (including phenoxy) is 1. The number of carboxylic acid groups (broad SMARTS) is 1. The van der Waals surface area contributed by atoms with E-state index in [0.717, 1.165) is 5.56 Å². The molecule has 1 N–H and O–H groups in total. The number of carboxylic acids is 1. The molecular weight excluding hydrogens is 449 g/mol. The van der Waals surface area contributed by atoms with Gasteiger partial charge in [0.1, 0.15) is 17.1 Å². The molecule has 1 aliphatic rings. The van der Waals surface area contributed by atoms with Crippen LogP contribution in [0.2, 0.25) is 5.02 Å². The van der Waals surface area contributed by atoms with Crippen molar-refractivity contribution in [1.82, 2.24) is 9.80 Å². The van der Waals surface area contributed by atoms with E-state index in [1.807, 2.05) is 13.8 Å². The van der Waals surface area contributed by atoms with Gasteiger partial charge in [0, 0.05) is 51.9 Å². The molecule has 1 heterocycles. The number of hydrogen-bond acceptors (Lipinski definition) is 5. The van der Waals surface area contributed by atoms with Gasteiger partial charge >= 0.3 is 5.97 Å². The van der Waals surface area contributed by atoms with Gasteiger partial charge in [-0.2, -0.15) is 0 Å². The summed E-state index contributed by atoms with van der Waals surface area (Å²) in [5, 5.41) is 9.79. The highest BCUT2D eigenvalue weighted by atomic mass is 35.5. The summed E-state index contributed by atoms with van der Waals surface area (Å²) in [6.45, 7) is 5.59. The predicted octanol–water partition coefficient (Wildman–Crippen LogP) is 3.74. The van der Waals surface area contributed by atoms with Crippen LogP contribution in [-0.2, 0) is 11.3 Å². The van der Waals surface area contributed by atoms with Gasteiger partial charge in [-0.05, 0) is 37.6 Å². The van der Waals surface area contributed by atoms with Crippen molar-refractivity contribution < 1.29 is 23.8 Å². The second-order valence-corrected chi connectivity index (χ2v) is 9.00. The maximum absolute atomic E-state index is 13.2. The SMILES string of the molecule is CC1CN(C(=O)COc2cc(N(C)C)c(Cl)cc2C(=O)O)C(C)CN1Cc1ccc(F)cc1. The van der Waals surface area contributed by atoms with E-state index in [9.17, 15) is 19.1 Å². The average Bonchev–Trinajstić information content (AvgIpc) is 2.75. The molecule has 0 radical (unpaired) electrons. The van der Waals surface area contributed by atoms with E-state index < -0.39 is 5.97 Å². The van der Waals surface area contributed by atoms with Gasteiger partial charge in [-0.25, -0.2) is 9.18 Å². The monoisotopic (exact) mass is 477 g/mol. The molecule has 1 amide bonds. The summed E-state index contributed by atoms with van der Waals surface area (Å²) in [4.78, 5) is 30.3.